The lowest BCUT2D eigenvalue weighted by Crippen LogP contribution is -2.42. The first-order chi connectivity index (χ1) is 8.80. The van der Waals surface area contributed by atoms with Gasteiger partial charge in [-0.05, 0) is 50.4 Å². The maximum atomic E-state index is 11.6. The summed E-state index contributed by atoms with van der Waals surface area (Å²) in [5.74, 6) is 1.91. The first kappa shape index (κ1) is 12.7. The summed E-state index contributed by atoms with van der Waals surface area (Å²) >= 11 is 0. The van der Waals surface area contributed by atoms with Crippen molar-refractivity contribution >= 4 is 6.29 Å². The molecule has 0 amide bonds. The Morgan fingerprint density at radius 3 is 1.94 bits per heavy atom. The molecule has 2 nitrogen and oxygen atoms in total. The fourth-order valence-corrected chi connectivity index (χ4v) is 3.55. The van der Waals surface area contributed by atoms with Crippen molar-refractivity contribution in [3.8, 4) is 0 Å². The topological polar surface area (TPSA) is 20.3 Å². The van der Waals surface area contributed by atoms with Crippen molar-refractivity contribution < 1.29 is 4.79 Å². The molecule has 0 atom stereocenters. The normalized spacial score (nSPS) is 27.4. The number of rotatable bonds is 7. The highest BCUT2D eigenvalue weighted by Crippen LogP contribution is 2.39. The molecular weight excluding hydrogens is 222 g/mol. The second kappa shape index (κ2) is 5.32. The predicted octanol–water partition coefficient (Wildman–Crippen LogP) is 3.26. The van der Waals surface area contributed by atoms with Crippen molar-refractivity contribution in [2.45, 2.75) is 57.8 Å². The van der Waals surface area contributed by atoms with Crippen molar-refractivity contribution in [1.82, 2.24) is 4.90 Å². The molecule has 0 saturated heterocycles. The van der Waals surface area contributed by atoms with Gasteiger partial charge in [-0.15, -0.1) is 0 Å². The van der Waals surface area contributed by atoms with E-state index in [0.717, 1.165) is 31.2 Å². The molecule has 0 aromatic carbocycles. The van der Waals surface area contributed by atoms with Gasteiger partial charge in [-0.25, -0.2) is 0 Å². The minimum atomic E-state index is 0.0159. The van der Waals surface area contributed by atoms with Gasteiger partial charge in [0.2, 0.25) is 0 Å². The Morgan fingerprint density at radius 1 is 0.944 bits per heavy atom. The number of aldehydes is 1. The van der Waals surface area contributed by atoms with Crippen molar-refractivity contribution in [1.29, 1.82) is 0 Å². The molecule has 3 aliphatic carbocycles. The average Bonchev–Trinajstić information content (AvgIpc) is 3.27. The first-order valence-electron chi connectivity index (χ1n) is 7.98. The Morgan fingerprint density at radius 2 is 1.50 bits per heavy atom. The smallest absolute Gasteiger partial charge is 0.127 e. The largest absolute Gasteiger partial charge is 0.303 e. The Balaban J connectivity index is 1.58. The number of hydrogen-bond acceptors (Lipinski definition) is 2. The fraction of sp³-hybridized carbons (Fsp3) is 0.938. The van der Waals surface area contributed by atoms with Crippen molar-refractivity contribution in [3.05, 3.63) is 0 Å². The number of carbonyl (C=O) groups is 1. The van der Waals surface area contributed by atoms with E-state index in [1.54, 1.807) is 0 Å². The standard InChI is InChI=1S/C16H27NO/c18-13-16(8-2-1-3-9-16)12-17(10-14-4-5-14)11-15-6-7-15/h13-15H,1-12H2. The van der Waals surface area contributed by atoms with E-state index in [0.29, 0.717) is 0 Å². The molecular formula is C16H27NO. The molecule has 3 rings (SSSR count). The third kappa shape index (κ3) is 3.34. The maximum Gasteiger partial charge on any atom is 0.127 e. The van der Waals surface area contributed by atoms with Crippen LogP contribution in [0.5, 0.6) is 0 Å². The molecule has 0 radical (unpaired) electrons. The van der Waals surface area contributed by atoms with Crippen molar-refractivity contribution in [2.75, 3.05) is 19.6 Å². The number of carbonyl (C=O) groups excluding carboxylic acids is 1. The van der Waals surface area contributed by atoms with E-state index in [2.05, 4.69) is 4.90 Å². The predicted molar refractivity (Wildman–Crippen MR) is 73.5 cm³/mol. The summed E-state index contributed by atoms with van der Waals surface area (Å²) in [5, 5.41) is 0. The van der Waals surface area contributed by atoms with Crippen LogP contribution in [0.1, 0.15) is 57.8 Å². The second-order valence-electron chi connectivity index (χ2n) is 7.12. The first-order valence-corrected chi connectivity index (χ1v) is 7.98. The molecule has 3 saturated carbocycles. The van der Waals surface area contributed by atoms with Crippen LogP contribution < -0.4 is 0 Å². The summed E-state index contributed by atoms with van der Waals surface area (Å²) in [6.07, 6.45) is 13.2. The summed E-state index contributed by atoms with van der Waals surface area (Å²) in [6.45, 7) is 3.60. The molecule has 0 bridgehead atoms. The van der Waals surface area contributed by atoms with E-state index >= 15 is 0 Å². The average molecular weight is 249 g/mol. The van der Waals surface area contributed by atoms with Crippen LogP contribution >= 0.6 is 0 Å². The fourth-order valence-electron chi connectivity index (χ4n) is 3.55. The minimum absolute atomic E-state index is 0.0159. The lowest BCUT2D eigenvalue weighted by atomic mass is 9.75. The second-order valence-corrected chi connectivity index (χ2v) is 7.12. The van der Waals surface area contributed by atoms with E-state index in [4.69, 9.17) is 0 Å². The summed E-state index contributed by atoms with van der Waals surface area (Å²) < 4.78 is 0. The van der Waals surface area contributed by atoms with E-state index < -0.39 is 0 Å². The van der Waals surface area contributed by atoms with Crippen LogP contribution in [0.25, 0.3) is 0 Å². The van der Waals surface area contributed by atoms with Gasteiger partial charge in [0.25, 0.3) is 0 Å². The van der Waals surface area contributed by atoms with Crippen LogP contribution in [0.3, 0.4) is 0 Å². The summed E-state index contributed by atoms with van der Waals surface area (Å²) in [5.41, 5.74) is 0.0159. The zero-order chi connectivity index (χ0) is 12.4. The maximum absolute atomic E-state index is 11.6. The molecule has 0 heterocycles. The van der Waals surface area contributed by atoms with Gasteiger partial charge >= 0.3 is 0 Å². The van der Waals surface area contributed by atoms with Gasteiger partial charge in [-0.1, -0.05) is 19.3 Å². The minimum Gasteiger partial charge on any atom is -0.303 e. The SMILES string of the molecule is O=CC1(CN(CC2CC2)CC2CC2)CCCCC1. The molecule has 102 valence electrons. The van der Waals surface area contributed by atoms with Gasteiger partial charge in [-0.2, -0.15) is 0 Å². The highest BCUT2D eigenvalue weighted by Gasteiger charge is 2.37. The van der Waals surface area contributed by atoms with Gasteiger partial charge in [-0.3, -0.25) is 0 Å². The number of nitrogens with zero attached hydrogens (tertiary/aromatic N) is 1. The van der Waals surface area contributed by atoms with Gasteiger partial charge in [0, 0.05) is 25.0 Å². The Kier molecular flexibility index (Phi) is 3.74. The van der Waals surface area contributed by atoms with Crippen molar-refractivity contribution in [2.24, 2.45) is 17.3 Å². The van der Waals surface area contributed by atoms with Crippen molar-refractivity contribution in [3.63, 3.8) is 0 Å². The molecule has 0 aromatic rings. The Labute approximate surface area is 111 Å². The molecule has 0 aliphatic heterocycles. The molecule has 3 aliphatic rings. The summed E-state index contributed by atoms with van der Waals surface area (Å²) in [7, 11) is 0. The third-order valence-electron chi connectivity index (χ3n) is 5.06. The van der Waals surface area contributed by atoms with Crippen LogP contribution in [0.2, 0.25) is 0 Å². The van der Waals surface area contributed by atoms with E-state index in [1.165, 1.54) is 64.3 Å². The molecule has 0 spiro atoms. The molecule has 2 heteroatoms. The van der Waals surface area contributed by atoms with E-state index in [1.807, 2.05) is 0 Å². The Hall–Kier alpha value is -0.370. The third-order valence-corrected chi connectivity index (χ3v) is 5.06. The van der Waals surface area contributed by atoms with E-state index in [-0.39, 0.29) is 5.41 Å². The Bertz CT molecular complexity index is 273. The highest BCUT2D eigenvalue weighted by molar-refractivity contribution is 5.60. The quantitative estimate of drug-likeness (QED) is 0.645. The van der Waals surface area contributed by atoms with Gasteiger partial charge < -0.3 is 9.69 Å². The zero-order valence-corrected chi connectivity index (χ0v) is 11.6. The summed E-state index contributed by atoms with van der Waals surface area (Å²) in [4.78, 5) is 14.2. The van der Waals surface area contributed by atoms with Gasteiger partial charge in [0.1, 0.15) is 6.29 Å². The molecule has 18 heavy (non-hydrogen) atoms. The molecule has 3 fully saturated rings. The molecule has 0 unspecified atom stereocenters. The lowest BCUT2D eigenvalue weighted by Gasteiger charge is -2.37. The molecule has 0 aromatic heterocycles. The highest BCUT2D eigenvalue weighted by atomic mass is 16.1. The van der Waals surface area contributed by atoms with Crippen LogP contribution in [-0.2, 0) is 4.79 Å². The van der Waals surface area contributed by atoms with Crippen LogP contribution in [0.15, 0.2) is 0 Å². The molecule has 0 N–H and O–H groups in total. The number of hydrogen-bond donors (Lipinski definition) is 0. The zero-order valence-electron chi connectivity index (χ0n) is 11.6. The van der Waals surface area contributed by atoms with Gasteiger partial charge in [0.15, 0.2) is 0 Å². The summed E-state index contributed by atoms with van der Waals surface area (Å²) in [6, 6.07) is 0. The van der Waals surface area contributed by atoms with Crippen LogP contribution in [0, 0.1) is 17.3 Å². The van der Waals surface area contributed by atoms with Crippen LogP contribution in [-0.4, -0.2) is 30.8 Å². The van der Waals surface area contributed by atoms with E-state index in [9.17, 15) is 4.79 Å². The lowest BCUT2D eigenvalue weighted by molar-refractivity contribution is -0.119. The van der Waals surface area contributed by atoms with Crippen LogP contribution in [0.4, 0.5) is 0 Å². The monoisotopic (exact) mass is 249 g/mol. The van der Waals surface area contributed by atoms with Gasteiger partial charge in [0.05, 0.1) is 0 Å².